The number of likely N-dealkylation sites (tertiary alicyclic amines) is 1. The number of nitrogens with one attached hydrogen (secondary N) is 2. The SMILES string of the molecule is CN[C@@H]1CCCN([C@@H](C)c2ccc[nH]2)C1. The van der Waals surface area contributed by atoms with E-state index in [1.54, 1.807) is 0 Å². The van der Waals surface area contributed by atoms with E-state index in [0.717, 1.165) is 6.54 Å². The van der Waals surface area contributed by atoms with E-state index >= 15 is 0 Å². The van der Waals surface area contributed by atoms with Crippen LogP contribution in [-0.2, 0) is 0 Å². The summed E-state index contributed by atoms with van der Waals surface area (Å²) in [5.74, 6) is 0. The summed E-state index contributed by atoms with van der Waals surface area (Å²) in [4.78, 5) is 5.86. The minimum absolute atomic E-state index is 0.510. The van der Waals surface area contributed by atoms with E-state index < -0.39 is 0 Å². The van der Waals surface area contributed by atoms with Crippen LogP contribution < -0.4 is 5.32 Å². The predicted octanol–water partition coefficient (Wildman–Crippen LogP) is 1.76. The van der Waals surface area contributed by atoms with Crippen molar-refractivity contribution in [2.24, 2.45) is 0 Å². The fraction of sp³-hybridized carbons (Fsp3) is 0.667. The van der Waals surface area contributed by atoms with Gasteiger partial charge in [-0.3, -0.25) is 4.90 Å². The summed E-state index contributed by atoms with van der Waals surface area (Å²) in [5, 5.41) is 3.38. The highest BCUT2D eigenvalue weighted by atomic mass is 15.2. The molecular formula is C12H21N3. The van der Waals surface area contributed by atoms with Crippen molar-refractivity contribution in [1.29, 1.82) is 0 Å². The summed E-state index contributed by atoms with van der Waals surface area (Å²) >= 11 is 0. The maximum absolute atomic E-state index is 3.38. The summed E-state index contributed by atoms with van der Waals surface area (Å²) in [6.07, 6.45) is 4.62. The maximum Gasteiger partial charge on any atom is 0.0470 e. The van der Waals surface area contributed by atoms with Crippen molar-refractivity contribution in [1.82, 2.24) is 15.2 Å². The topological polar surface area (TPSA) is 31.1 Å². The van der Waals surface area contributed by atoms with Crippen molar-refractivity contribution in [2.75, 3.05) is 20.1 Å². The second-order valence-corrected chi connectivity index (χ2v) is 4.42. The Morgan fingerprint density at radius 1 is 1.60 bits per heavy atom. The van der Waals surface area contributed by atoms with Crippen molar-refractivity contribution in [2.45, 2.75) is 31.8 Å². The third-order valence-electron chi connectivity index (χ3n) is 3.48. The average molecular weight is 207 g/mol. The zero-order valence-electron chi connectivity index (χ0n) is 9.66. The van der Waals surface area contributed by atoms with Crippen LogP contribution >= 0.6 is 0 Å². The molecule has 1 aromatic rings. The molecule has 1 saturated heterocycles. The third-order valence-corrected chi connectivity index (χ3v) is 3.48. The van der Waals surface area contributed by atoms with Gasteiger partial charge in [0.25, 0.3) is 0 Å². The number of likely N-dealkylation sites (N-methyl/N-ethyl adjacent to an activating group) is 1. The van der Waals surface area contributed by atoms with Gasteiger partial charge in [0, 0.05) is 30.5 Å². The highest BCUT2D eigenvalue weighted by molar-refractivity contribution is 5.08. The Morgan fingerprint density at radius 3 is 3.13 bits per heavy atom. The van der Waals surface area contributed by atoms with Gasteiger partial charge in [-0.2, -0.15) is 0 Å². The molecule has 2 heterocycles. The van der Waals surface area contributed by atoms with E-state index in [2.05, 4.69) is 41.3 Å². The molecule has 0 radical (unpaired) electrons. The molecule has 84 valence electrons. The zero-order valence-corrected chi connectivity index (χ0v) is 9.66. The molecule has 0 aliphatic carbocycles. The minimum atomic E-state index is 0.510. The van der Waals surface area contributed by atoms with Crippen LogP contribution in [0.2, 0.25) is 0 Å². The van der Waals surface area contributed by atoms with Crippen LogP contribution in [0.4, 0.5) is 0 Å². The van der Waals surface area contributed by atoms with Crippen LogP contribution in [0.15, 0.2) is 18.3 Å². The lowest BCUT2D eigenvalue weighted by Crippen LogP contribution is -2.45. The lowest BCUT2D eigenvalue weighted by atomic mass is 10.0. The molecule has 0 aromatic carbocycles. The number of hydrogen-bond donors (Lipinski definition) is 2. The van der Waals surface area contributed by atoms with E-state index in [1.807, 2.05) is 6.20 Å². The monoisotopic (exact) mass is 207 g/mol. The van der Waals surface area contributed by atoms with Gasteiger partial charge in [0.1, 0.15) is 0 Å². The largest absolute Gasteiger partial charge is 0.364 e. The van der Waals surface area contributed by atoms with Crippen LogP contribution in [0.1, 0.15) is 31.5 Å². The molecule has 0 spiro atoms. The maximum atomic E-state index is 3.38. The first-order chi connectivity index (χ1) is 7.31. The van der Waals surface area contributed by atoms with Gasteiger partial charge >= 0.3 is 0 Å². The molecule has 1 aliphatic rings. The first-order valence-electron chi connectivity index (χ1n) is 5.86. The average Bonchev–Trinajstić information content (AvgIpc) is 2.81. The van der Waals surface area contributed by atoms with Crippen LogP contribution in [-0.4, -0.2) is 36.1 Å². The first kappa shape index (κ1) is 10.7. The molecular weight excluding hydrogens is 186 g/mol. The van der Waals surface area contributed by atoms with Gasteiger partial charge in [-0.15, -0.1) is 0 Å². The molecule has 2 N–H and O–H groups in total. The standard InChI is InChI=1S/C12H21N3/c1-10(12-6-3-7-14-12)15-8-4-5-11(9-15)13-2/h3,6-7,10-11,13-14H,4-5,8-9H2,1-2H3/t10-,11+/m0/s1. The number of aromatic amines is 1. The second kappa shape index (κ2) is 4.81. The molecule has 0 amide bonds. The Morgan fingerprint density at radius 2 is 2.47 bits per heavy atom. The molecule has 1 aromatic heterocycles. The molecule has 15 heavy (non-hydrogen) atoms. The fourth-order valence-corrected chi connectivity index (χ4v) is 2.39. The Hall–Kier alpha value is -0.800. The lowest BCUT2D eigenvalue weighted by Gasteiger charge is -2.36. The van der Waals surface area contributed by atoms with E-state index in [1.165, 1.54) is 25.1 Å². The molecule has 0 bridgehead atoms. The molecule has 3 heteroatoms. The molecule has 1 aliphatic heterocycles. The number of H-pyrrole nitrogens is 1. The highest BCUT2D eigenvalue weighted by Gasteiger charge is 2.23. The minimum Gasteiger partial charge on any atom is -0.364 e. The Bertz CT molecular complexity index is 281. The molecule has 2 atom stereocenters. The number of hydrogen-bond acceptors (Lipinski definition) is 2. The summed E-state index contributed by atoms with van der Waals surface area (Å²) in [7, 11) is 2.06. The zero-order chi connectivity index (χ0) is 10.7. The summed E-state index contributed by atoms with van der Waals surface area (Å²) in [6.45, 7) is 4.67. The van der Waals surface area contributed by atoms with Gasteiger partial charge in [-0.05, 0) is 45.5 Å². The summed E-state index contributed by atoms with van der Waals surface area (Å²) < 4.78 is 0. The first-order valence-corrected chi connectivity index (χ1v) is 5.86. The highest BCUT2D eigenvalue weighted by Crippen LogP contribution is 2.22. The molecule has 0 unspecified atom stereocenters. The van der Waals surface area contributed by atoms with Gasteiger partial charge in [0.15, 0.2) is 0 Å². The van der Waals surface area contributed by atoms with Gasteiger partial charge in [-0.1, -0.05) is 0 Å². The number of piperidine rings is 1. The number of rotatable bonds is 3. The van der Waals surface area contributed by atoms with E-state index in [-0.39, 0.29) is 0 Å². The third kappa shape index (κ3) is 2.41. The summed E-state index contributed by atoms with van der Waals surface area (Å²) in [6, 6.07) is 5.42. The van der Waals surface area contributed by atoms with Crippen LogP contribution in [0.25, 0.3) is 0 Å². The van der Waals surface area contributed by atoms with Crippen molar-refractivity contribution in [3.05, 3.63) is 24.0 Å². The summed E-state index contributed by atoms with van der Waals surface area (Å²) in [5.41, 5.74) is 1.33. The lowest BCUT2D eigenvalue weighted by molar-refractivity contribution is 0.147. The van der Waals surface area contributed by atoms with Gasteiger partial charge in [-0.25, -0.2) is 0 Å². The van der Waals surface area contributed by atoms with Crippen molar-refractivity contribution in [3.8, 4) is 0 Å². The Balaban J connectivity index is 1.98. The van der Waals surface area contributed by atoms with Crippen molar-refractivity contribution < 1.29 is 0 Å². The van der Waals surface area contributed by atoms with E-state index in [9.17, 15) is 0 Å². The van der Waals surface area contributed by atoms with Gasteiger partial charge in [0.2, 0.25) is 0 Å². The smallest absolute Gasteiger partial charge is 0.0470 e. The molecule has 2 rings (SSSR count). The normalized spacial score (nSPS) is 25.3. The molecule has 1 fully saturated rings. The van der Waals surface area contributed by atoms with Crippen LogP contribution in [0.5, 0.6) is 0 Å². The second-order valence-electron chi connectivity index (χ2n) is 4.42. The Kier molecular flexibility index (Phi) is 3.44. The Labute approximate surface area is 91.9 Å². The molecule has 0 saturated carbocycles. The molecule has 3 nitrogen and oxygen atoms in total. The van der Waals surface area contributed by atoms with Crippen LogP contribution in [0, 0.1) is 0 Å². The van der Waals surface area contributed by atoms with Gasteiger partial charge in [0.05, 0.1) is 0 Å². The van der Waals surface area contributed by atoms with E-state index in [0.29, 0.717) is 12.1 Å². The van der Waals surface area contributed by atoms with Crippen molar-refractivity contribution >= 4 is 0 Å². The number of aromatic nitrogens is 1. The number of nitrogens with zero attached hydrogens (tertiary/aromatic N) is 1. The predicted molar refractivity (Wildman–Crippen MR) is 62.9 cm³/mol. The van der Waals surface area contributed by atoms with Crippen molar-refractivity contribution in [3.63, 3.8) is 0 Å². The quantitative estimate of drug-likeness (QED) is 0.791. The van der Waals surface area contributed by atoms with E-state index in [4.69, 9.17) is 0 Å². The fourth-order valence-electron chi connectivity index (χ4n) is 2.39. The van der Waals surface area contributed by atoms with Crippen LogP contribution in [0.3, 0.4) is 0 Å². The van der Waals surface area contributed by atoms with Gasteiger partial charge < -0.3 is 10.3 Å².